The monoisotopic (exact) mass is 398 g/mol. The van der Waals surface area contributed by atoms with Gasteiger partial charge in [0.15, 0.2) is 11.6 Å². The number of anilines is 3. The fourth-order valence-electron chi connectivity index (χ4n) is 3.83. The lowest BCUT2D eigenvalue weighted by Gasteiger charge is -2.35. The lowest BCUT2D eigenvalue weighted by atomic mass is 10.2. The van der Waals surface area contributed by atoms with Gasteiger partial charge in [-0.1, -0.05) is 12.8 Å². The molecule has 1 aromatic heterocycles. The first-order valence-electron chi connectivity index (χ1n) is 10.3. The summed E-state index contributed by atoms with van der Waals surface area (Å²) in [6.07, 6.45) is 5.01. The first-order valence-corrected chi connectivity index (χ1v) is 10.3. The summed E-state index contributed by atoms with van der Waals surface area (Å²) in [5.74, 6) is 1.48. The molecule has 0 atom stereocenters. The maximum Gasteiger partial charge on any atom is 0.321 e. The van der Waals surface area contributed by atoms with E-state index in [-0.39, 0.29) is 11.8 Å². The first-order chi connectivity index (χ1) is 14.2. The van der Waals surface area contributed by atoms with Gasteiger partial charge in [-0.2, -0.15) is 0 Å². The summed E-state index contributed by atoms with van der Waals surface area (Å²) in [5, 5.41) is 11.7. The lowest BCUT2D eigenvalue weighted by molar-refractivity contribution is 0.208. The van der Waals surface area contributed by atoms with E-state index in [2.05, 4.69) is 31.4 Å². The van der Waals surface area contributed by atoms with Crippen molar-refractivity contribution < 1.29 is 9.18 Å². The van der Waals surface area contributed by atoms with E-state index in [1.54, 1.807) is 17.0 Å². The number of amides is 2. The number of hydrogen-bond donors (Lipinski definition) is 1. The van der Waals surface area contributed by atoms with Gasteiger partial charge in [-0.05, 0) is 49.2 Å². The van der Waals surface area contributed by atoms with E-state index in [0.29, 0.717) is 31.9 Å². The molecule has 3 heterocycles. The van der Waals surface area contributed by atoms with Gasteiger partial charge in [-0.15, -0.1) is 10.2 Å². The molecular weight excluding hydrogens is 371 g/mol. The van der Waals surface area contributed by atoms with Crippen LogP contribution >= 0.6 is 0 Å². The number of benzene rings is 1. The van der Waals surface area contributed by atoms with Crippen LogP contribution in [0.2, 0.25) is 0 Å². The average Bonchev–Trinajstić information content (AvgIpc) is 3.05. The molecule has 0 saturated carbocycles. The number of carbonyl (C=O) groups excluding carboxylic acids is 1. The maximum absolute atomic E-state index is 13.0. The summed E-state index contributed by atoms with van der Waals surface area (Å²) < 4.78 is 13.0. The number of piperazine rings is 1. The minimum atomic E-state index is -0.320. The number of carbonyl (C=O) groups is 1. The number of nitrogens with one attached hydrogen (secondary N) is 1. The Kier molecular flexibility index (Phi) is 6.07. The second kappa shape index (κ2) is 9.07. The third-order valence-corrected chi connectivity index (χ3v) is 5.55. The molecule has 1 aromatic carbocycles. The second-order valence-corrected chi connectivity index (χ2v) is 7.56. The van der Waals surface area contributed by atoms with E-state index in [1.807, 2.05) is 6.07 Å². The molecule has 0 spiro atoms. The van der Waals surface area contributed by atoms with E-state index >= 15 is 0 Å². The quantitative estimate of drug-likeness (QED) is 0.859. The number of hydrogen-bond acceptors (Lipinski definition) is 5. The Morgan fingerprint density at radius 3 is 1.86 bits per heavy atom. The maximum atomic E-state index is 13.0. The summed E-state index contributed by atoms with van der Waals surface area (Å²) in [6.45, 7) is 4.71. The van der Waals surface area contributed by atoms with Gasteiger partial charge in [0, 0.05) is 45.0 Å². The van der Waals surface area contributed by atoms with Gasteiger partial charge in [-0.25, -0.2) is 9.18 Å². The van der Waals surface area contributed by atoms with E-state index in [4.69, 9.17) is 0 Å². The highest BCUT2D eigenvalue weighted by molar-refractivity contribution is 5.89. The van der Waals surface area contributed by atoms with E-state index in [1.165, 1.54) is 37.8 Å². The minimum Gasteiger partial charge on any atom is -0.355 e. The van der Waals surface area contributed by atoms with Gasteiger partial charge in [0.05, 0.1) is 0 Å². The Morgan fingerprint density at radius 2 is 1.31 bits per heavy atom. The van der Waals surface area contributed by atoms with Crippen molar-refractivity contribution in [1.82, 2.24) is 15.1 Å². The molecule has 2 aliphatic heterocycles. The van der Waals surface area contributed by atoms with Crippen molar-refractivity contribution >= 4 is 23.4 Å². The molecular formula is C21H27FN6O. The molecule has 2 amide bonds. The Bertz CT molecular complexity index is 797. The van der Waals surface area contributed by atoms with Crippen LogP contribution in [0.5, 0.6) is 0 Å². The van der Waals surface area contributed by atoms with Gasteiger partial charge >= 0.3 is 6.03 Å². The predicted octanol–water partition coefficient (Wildman–Crippen LogP) is 3.35. The highest BCUT2D eigenvalue weighted by Crippen LogP contribution is 2.20. The number of aromatic nitrogens is 2. The zero-order chi connectivity index (χ0) is 20.1. The van der Waals surface area contributed by atoms with Crippen LogP contribution in [0.15, 0.2) is 36.4 Å². The third-order valence-electron chi connectivity index (χ3n) is 5.55. The van der Waals surface area contributed by atoms with Gasteiger partial charge in [-0.3, -0.25) is 0 Å². The van der Waals surface area contributed by atoms with E-state index < -0.39 is 0 Å². The molecule has 29 heavy (non-hydrogen) atoms. The van der Waals surface area contributed by atoms with Crippen molar-refractivity contribution in [3.05, 3.63) is 42.2 Å². The predicted molar refractivity (Wildman–Crippen MR) is 112 cm³/mol. The average molecular weight is 398 g/mol. The Balaban J connectivity index is 1.29. The van der Waals surface area contributed by atoms with Crippen LogP contribution in [-0.2, 0) is 0 Å². The largest absolute Gasteiger partial charge is 0.355 e. The van der Waals surface area contributed by atoms with Crippen LogP contribution in [0.4, 0.5) is 26.5 Å². The number of nitrogens with zero attached hydrogens (tertiary/aromatic N) is 5. The molecule has 7 nitrogen and oxygen atoms in total. The zero-order valence-electron chi connectivity index (χ0n) is 16.6. The van der Waals surface area contributed by atoms with Gasteiger partial charge in [0.1, 0.15) is 5.82 Å². The van der Waals surface area contributed by atoms with Crippen molar-refractivity contribution in [2.75, 3.05) is 54.4 Å². The number of halogens is 1. The second-order valence-electron chi connectivity index (χ2n) is 7.56. The summed E-state index contributed by atoms with van der Waals surface area (Å²) >= 11 is 0. The number of rotatable bonds is 3. The van der Waals surface area contributed by atoms with Crippen molar-refractivity contribution in [3.8, 4) is 0 Å². The molecule has 1 N–H and O–H groups in total. The van der Waals surface area contributed by atoms with Crippen LogP contribution in [0.25, 0.3) is 0 Å². The molecule has 4 rings (SSSR count). The third kappa shape index (κ3) is 4.93. The fraction of sp³-hybridized carbons (Fsp3) is 0.476. The SMILES string of the molecule is O=C(Nc1ccc(F)cc1)N1CCN(c2ccc(N3CCCCCC3)nn2)CC1. The summed E-state index contributed by atoms with van der Waals surface area (Å²) in [7, 11) is 0. The molecule has 2 saturated heterocycles. The molecule has 2 aliphatic rings. The van der Waals surface area contributed by atoms with Crippen molar-refractivity contribution in [1.29, 1.82) is 0 Å². The smallest absolute Gasteiger partial charge is 0.321 e. The highest BCUT2D eigenvalue weighted by atomic mass is 19.1. The Hall–Kier alpha value is -2.90. The Morgan fingerprint density at radius 1 is 0.759 bits per heavy atom. The van der Waals surface area contributed by atoms with Crippen LogP contribution < -0.4 is 15.1 Å². The minimum absolute atomic E-state index is 0.168. The molecule has 0 aliphatic carbocycles. The molecule has 0 unspecified atom stereocenters. The molecule has 8 heteroatoms. The van der Waals surface area contributed by atoms with Crippen LogP contribution in [0, 0.1) is 5.82 Å². The summed E-state index contributed by atoms with van der Waals surface area (Å²) in [4.78, 5) is 18.6. The van der Waals surface area contributed by atoms with Crippen molar-refractivity contribution in [2.45, 2.75) is 25.7 Å². The van der Waals surface area contributed by atoms with Crippen molar-refractivity contribution in [2.24, 2.45) is 0 Å². The topological polar surface area (TPSA) is 64.6 Å². The van der Waals surface area contributed by atoms with Crippen LogP contribution in [0.1, 0.15) is 25.7 Å². The zero-order valence-corrected chi connectivity index (χ0v) is 16.6. The summed E-state index contributed by atoms with van der Waals surface area (Å²) in [5.41, 5.74) is 0.591. The fourth-order valence-corrected chi connectivity index (χ4v) is 3.83. The molecule has 2 fully saturated rings. The van der Waals surface area contributed by atoms with Gasteiger partial charge < -0.3 is 20.0 Å². The highest BCUT2D eigenvalue weighted by Gasteiger charge is 2.22. The van der Waals surface area contributed by atoms with Gasteiger partial charge in [0.25, 0.3) is 0 Å². The van der Waals surface area contributed by atoms with Gasteiger partial charge in [0.2, 0.25) is 0 Å². The van der Waals surface area contributed by atoms with Crippen LogP contribution in [-0.4, -0.2) is 60.4 Å². The van der Waals surface area contributed by atoms with Crippen molar-refractivity contribution in [3.63, 3.8) is 0 Å². The summed E-state index contributed by atoms with van der Waals surface area (Å²) in [6, 6.07) is 9.71. The van der Waals surface area contributed by atoms with E-state index in [9.17, 15) is 9.18 Å². The number of urea groups is 1. The van der Waals surface area contributed by atoms with E-state index in [0.717, 1.165) is 24.7 Å². The molecule has 0 bridgehead atoms. The Labute approximate surface area is 170 Å². The molecule has 154 valence electrons. The lowest BCUT2D eigenvalue weighted by Crippen LogP contribution is -2.50. The first kappa shape index (κ1) is 19.4. The normalized spacial score (nSPS) is 17.8. The molecule has 0 radical (unpaired) electrons. The molecule has 2 aromatic rings. The van der Waals surface area contributed by atoms with Crippen LogP contribution in [0.3, 0.4) is 0 Å². The standard InChI is InChI=1S/C21H27FN6O/c22-17-5-7-18(8-6-17)23-21(29)28-15-13-27(14-16-28)20-10-9-19(24-25-20)26-11-3-1-2-4-12-26/h5-10H,1-4,11-16H2,(H,23,29).